The van der Waals surface area contributed by atoms with Crippen LogP contribution in [0.3, 0.4) is 0 Å². The molecule has 0 amide bonds. The number of esters is 1. The Labute approximate surface area is 113 Å². The van der Waals surface area contributed by atoms with Gasteiger partial charge in [-0.2, -0.15) is 5.10 Å². The molecule has 0 saturated carbocycles. The van der Waals surface area contributed by atoms with Crippen LogP contribution in [-0.2, 0) is 16.5 Å². The lowest BCUT2D eigenvalue weighted by atomic mass is 10.1. The number of hydrogen-bond donors (Lipinski definition) is 0. The molecule has 2 heterocycles. The van der Waals surface area contributed by atoms with Crippen molar-refractivity contribution < 1.29 is 14.3 Å². The minimum atomic E-state index is -0.309. The van der Waals surface area contributed by atoms with Gasteiger partial charge in [0.15, 0.2) is 0 Å². The van der Waals surface area contributed by atoms with Gasteiger partial charge in [-0.1, -0.05) is 0 Å². The summed E-state index contributed by atoms with van der Waals surface area (Å²) in [6.07, 6.45) is 1.95. The summed E-state index contributed by atoms with van der Waals surface area (Å²) in [5.41, 5.74) is 2.00. The second-order valence-electron chi connectivity index (χ2n) is 5.81. The summed E-state index contributed by atoms with van der Waals surface area (Å²) >= 11 is 0. The fraction of sp³-hybridized carbons (Fsp3) is 0.714. The first-order valence-electron chi connectivity index (χ1n) is 6.65. The normalized spacial score (nSPS) is 21.6. The summed E-state index contributed by atoms with van der Waals surface area (Å²) in [6.45, 7) is 8.12. The molecular formula is C14H22N2O3. The van der Waals surface area contributed by atoms with Crippen molar-refractivity contribution in [3.05, 3.63) is 17.0 Å². The Morgan fingerprint density at radius 3 is 2.68 bits per heavy atom. The summed E-state index contributed by atoms with van der Waals surface area (Å²) in [6, 6.07) is 0. The standard InChI is InChI=1S/C14H22N2O3/c1-9-12(10(2)16(5)15-9)13(17)18-8-11-6-7-14(3,4)19-11/h11H,6-8H2,1-5H3. The molecule has 0 aliphatic carbocycles. The molecule has 0 N–H and O–H groups in total. The van der Waals surface area contributed by atoms with Gasteiger partial charge in [0.2, 0.25) is 0 Å². The van der Waals surface area contributed by atoms with Crippen LogP contribution in [0.2, 0.25) is 0 Å². The number of carbonyl (C=O) groups is 1. The smallest absolute Gasteiger partial charge is 0.341 e. The zero-order chi connectivity index (χ0) is 14.2. The van der Waals surface area contributed by atoms with Crippen molar-refractivity contribution in [2.45, 2.75) is 52.2 Å². The summed E-state index contributed by atoms with van der Waals surface area (Å²) in [5.74, 6) is -0.309. The lowest BCUT2D eigenvalue weighted by Crippen LogP contribution is -2.24. The molecule has 1 saturated heterocycles. The van der Waals surface area contributed by atoms with Crippen LogP contribution in [0.1, 0.15) is 48.4 Å². The van der Waals surface area contributed by atoms with Gasteiger partial charge in [0, 0.05) is 12.7 Å². The van der Waals surface area contributed by atoms with Crippen LogP contribution in [0.15, 0.2) is 0 Å². The van der Waals surface area contributed by atoms with Crippen molar-refractivity contribution in [3.8, 4) is 0 Å². The molecule has 19 heavy (non-hydrogen) atoms. The Balaban J connectivity index is 1.95. The number of nitrogens with zero attached hydrogens (tertiary/aromatic N) is 2. The molecule has 1 aromatic rings. The third-order valence-electron chi connectivity index (χ3n) is 3.67. The maximum Gasteiger partial charge on any atom is 0.341 e. The van der Waals surface area contributed by atoms with Crippen molar-refractivity contribution in [3.63, 3.8) is 0 Å². The van der Waals surface area contributed by atoms with E-state index in [-0.39, 0.29) is 17.7 Å². The third-order valence-corrected chi connectivity index (χ3v) is 3.67. The van der Waals surface area contributed by atoms with Crippen LogP contribution in [0.25, 0.3) is 0 Å². The number of rotatable bonds is 3. The molecular weight excluding hydrogens is 244 g/mol. The van der Waals surface area contributed by atoms with Crippen LogP contribution in [-0.4, -0.2) is 34.1 Å². The first-order valence-corrected chi connectivity index (χ1v) is 6.65. The van der Waals surface area contributed by atoms with Crippen LogP contribution in [0.5, 0.6) is 0 Å². The van der Waals surface area contributed by atoms with Crippen molar-refractivity contribution in [2.24, 2.45) is 7.05 Å². The van der Waals surface area contributed by atoms with Gasteiger partial charge in [-0.15, -0.1) is 0 Å². The lowest BCUT2D eigenvalue weighted by Gasteiger charge is -2.19. The molecule has 0 bridgehead atoms. The van der Waals surface area contributed by atoms with Gasteiger partial charge in [0.05, 0.1) is 17.4 Å². The summed E-state index contributed by atoms with van der Waals surface area (Å²) < 4.78 is 12.9. The van der Waals surface area contributed by atoms with Crippen molar-refractivity contribution >= 4 is 5.97 Å². The van der Waals surface area contributed by atoms with E-state index in [1.165, 1.54) is 0 Å². The van der Waals surface area contributed by atoms with Gasteiger partial charge in [-0.05, 0) is 40.5 Å². The molecule has 0 radical (unpaired) electrons. The van der Waals surface area contributed by atoms with Gasteiger partial charge in [-0.25, -0.2) is 4.79 Å². The van der Waals surface area contributed by atoms with Gasteiger partial charge in [0.25, 0.3) is 0 Å². The van der Waals surface area contributed by atoms with Crippen LogP contribution < -0.4 is 0 Å². The Morgan fingerprint density at radius 1 is 1.53 bits per heavy atom. The molecule has 1 fully saturated rings. The molecule has 1 unspecified atom stereocenters. The first kappa shape index (κ1) is 14.1. The minimum absolute atomic E-state index is 0.0104. The average molecular weight is 266 g/mol. The van der Waals surface area contributed by atoms with Gasteiger partial charge < -0.3 is 9.47 Å². The zero-order valence-corrected chi connectivity index (χ0v) is 12.3. The highest BCUT2D eigenvalue weighted by molar-refractivity contribution is 5.91. The minimum Gasteiger partial charge on any atom is -0.459 e. The number of hydrogen-bond acceptors (Lipinski definition) is 4. The number of ether oxygens (including phenoxy) is 2. The highest BCUT2D eigenvalue weighted by atomic mass is 16.6. The SMILES string of the molecule is Cc1nn(C)c(C)c1C(=O)OCC1CCC(C)(C)O1. The van der Waals surface area contributed by atoms with E-state index in [9.17, 15) is 4.79 Å². The second kappa shape index (κ2) is 4.96. The molecule has 0 aromatic carbocycles. The molecule has 5 heteroatoms. The fourth-order valence-corrected chi connectivity index (χ4v) is 2.50. The summed E-state index contributed by atoms with van der Waals surface area (Å²) in [5, 5.41) is 4.22. The van der Waals surface area contributed by atoms with E-state index in [1.54, 1.807) is 4.68 Å². The number of carbonyl (C=O) groups excluding carboxylic acids is 1. The van der Waals surface area contributed by atoms with Crippen molar-refractivity contribution in [1.29, 1.82) is 0 Å². The van der Waals surface area contributed by atoms with E-state index in [1.807, 2.05) is 20.9 Å². The quantitative estimate of drug-likeness (QED) is 0.787. The maximum absolute atomic E-state index is 12.1. The largest absolute Gasteiger partial charge is 0.459 e. The number of aryl methyl sites for hydroxylation is 2. The first-order chi connectivity index (χ1) is 8.80. The van der Waals surface area contributed by atoms with E-state index < -0.39 is 0 Å². The highest BCUT2D eigenvalue weighted by Crippen LogP contribution is 2.29. The predicted octanol–water partition coefficient (Wildman–Crippen LogP) is 2.15. The molecule has 106 valence electrons. The van der Waals surface area contributed by atoms with Gasteiger partial charge in [0.1, 0.15) is 12.2 Å². The van der Waals surface area contributed by atoms with Crippen molar-refractivity contribution in [1.82, 2.24) is 9.78 Å². The molecule has 1 atom stereocenters. The van der Waals surface area contributed by atoms with Crippen molar-refractivity contribution in [2.75, 3.05) is 6.61 Å². The molecule has 1 aromatic heterocycles. The maximum atomic E-state index is 12.1. The molecule has 2 rings (SSSR count). The Bertz CT molecular complexity index is 491. The van der Waals surface area contributed by atoms with E-state index in [0.29, 0.717) is 17.9 Å². The summed E-state index contributed by atoms with van der Waals surface area (Å²) in [4.78, 5) is 12.1. The molecule has 0 spiro atoms. The average Bonchev–Trinajstić information content (AvgIpc) is 2.77. The zero-order valence-electron chi connectivity index (χ0n) is 12.3. The topological polar surface area (TPSA) is 53.4 Å². The summed E-state index contributed by atoms with van der Waals surface area (Å²) in [7, 11) is 1.82. The van der Waals surface area contributed by atoms with E-state index in [2.05, 4.69) is 18.9 Å². The third kappa shape index (κ3) is 2.97. The lowest BCUT2D eigenvalue weighted by molar-refractivity contribution is -0.0445. The molecule has 1 aliphatic rings. The van der Waals surface area contributed by atoms with E-state index >= 15 is 0 Å². The molecule has 5 nitrogen and oxygen atoms in total. The van der Waals surface area contributed by atoms with E-state index in [0.717, 1.165) is 18.5 Å². The van der Waals surface area contributed by atoms with E-state index in [4.69, 9.17) is 9.47 Å². The number of aromatic nitrogens is 2. The fourth-order valence-electron chi connectivity index (χ4n) is 2.50. The van der Waals surface area contributed by atoms with Crippen LogP contribution >= 0.6 is 0 Å². The van der Waals surface area contributed by atoms with Gasteiger partial charge in [-0.3, -0.25) is 4.68 Å². The van der Waals surface area contributed by atoms with Crippen LogP contribution in [0.4, 0.5) is 0 Å². The predicted molar refractivity (Wildman–Crippen MR) is 71.2 cm³/mol. The van der Waals surface area contributed by atoms with Crippen LogP contribution in [0, 0.1) is 13.8 Å². The second-order valence-corrected chi connectivity index (χ2v) is 5.81. The Morgan fingerprint density at radius 2 is 2.21 bits per heavy atom. The molecule has 1 aliphatic heterocycles. The Kier molecular flexibility index (Phi) is 3.67. The van der Waals surface area contributed by atoms with Gasteiger partial charge >= 0.3 is 5.97 Å². The Hall–Kier alpha value is -1.36. The highest BCUT2D eigenvalue weighted by Gasteiger charge is 2.32. The monoisotopic (exact) mass is 266 g/mol.